The van der Waals surface area contributed by atoms with Crippen molar-refractivity contribution in [3.63, 3.8) is 0 Å². The fourth-order valence-electron chi connectivity index (χ4n) is 1.95. The van der Waals surface area contributed by atoms with E-state index in [-0.39, 0.29) is 0 Å². The largest absolute Gasteiger partial charge is 0.396 e. The third kappa shape index (κ3) is 8.55. The van der Waals surface area contributed by atoms with Crippen LogP contribution in [-0.2, 0) is 0 Å². The first kappa shape index (κ1) is 14.0. The highest BCUT2D eigenvalue weighted by Gasteiger charge is 2.04. The molecule has 1 atom stereocenters. The van der Waals surface area contributed by atoms with Crippen molar-refractivity contribution in [3.05, 3.63) is 0 Å². The fourth-order valence-corrected chi connectivity index (χ4v) is 1.95. The summed E-state index contributed by atoms with van der Waals surface area (Å²) in [6, 6.07) is 0. The topological polar surface area (TPSA) is 20.2 Å². The number of aliphatic hydroxyl groups is 1. The summed E-state index contributed by atoms with van der Waals surface area (Å²) in [5, 5.41) is 8.84. The second-order valence-electron chi connectivity index (χ2n) is 4.34. The van der Waals surface area contributed by atoms with Gasteiger partial charge in [-0.15, -0.1) is 0 Å². The molecule has 0 aliphatic carbocycles. The maximum atomic E-state index is 8.84. The third-order valence-corrected chi connectivity index (χ3v) is 3.08. The van der Waals surface area contributed by atoms with Crippen LogP contribution in [0, 0.1) is 5.92 Å². The van der Waals surface area contributed by atoms with Gasteiger partial charge in [0.25, 0.3) is 0 Å². The molecule has 0 saturated carbocycles. The minimum Gasteiger partial charge on any atom is -0.396 e. The minimum atomic E-state index is 0.369. The summed E-state index contributed by atoms with van der Waals surface area (Å²) in [6.07, 6.45) is 11.9. The summed E-state index contributed by atoms with van der Waals surface area (Å²) in [7, 11) is 0. The second kappa shape index (κ2) is 11.0. The highest BCUT2D eigenvalue weighted by Crippen LogP contribution is 2.17. The molecule has 0 aromatic rings. The standard InChI is InChI=1S/C13H28O/c1-3-5-6-7-8-9-10-13(4-2)11-12-14/h13-14H,3-12H2,1-2H3. The molecule has 0 amide bonds. The SMILES string of the molecule is CCCCCCCCC(CC)CCO. The molecule has 86 valence electrons. The van der Waals surface area contributed by atoms with Crippen molar-refractivity contribution in [2.75, 3.05) is 6.61 Å². The zero-order valence-corrected chi connectivity index (χ0v) is 10.1. The van der Waals surface area contributed by atoms with E-state index in [1.165, 1.54) is 51.4 Å². The molecule has 1 nitrogen and oxygen atoms in total. The van der Waals surface area contributed by atoms with Gasteiger partial charge in [-0.25, -0.2) is 0 Å². The van der Waals surface area contributed by atoms with Gasteiger partial charge in [0.15, 0.2) is 0 Å². The smallest absolute Gasteiger partial charge is 0.0433 e. The number of hydrogen-bond acceptors (Lipinski definition) is 1. The quantitative estimate of drug-likeness (QED) is 0.525. The third-order valence-electron chi connectivity index (χ3n) is 3.08. The van der Waals surface area contributed by atoms with Gasteiger partial charge in [-0.05, 0) is 12.3 Å². The van der Waals surface area contributed by atoms with E-state index in [2.05, 4.69) is 13.8 Å². The van der Waals surface area contributed by atoms with Crippen molar-refractivity contribution in [2.45, 2.75) is 71.6 Å². The van der Waals surface area contributed by atoms with E-state index in [4.69, 9.17) is 5.11 Å². The second-order valence-corrected chi connectivity index (χ2v) is 4.34. The maximum absolute atomic E-state index is 8.84. The van der Waals surface area contributed by atoms with Gasteiger partial charge >= 0.3 is 0 Å². The molecule has 0 radical (unpaired) electrons. The molecule has 0 saturated heterocycles. The van der Waals surface area contributed by atoms with E-state index < -0.39 is 0 Å². The lowest BCUT2D eigenvalue weighted by Crippen LogP contribution is -2.01. The van der Waals surface area contributed by atoms with E-state index in [1.807, 2.05) is 0 Å². The van der Waals surface area contributed by atoms with E-state index in [0.717, 1.165) is 12.3 Å². The van der Waals surface area contributed by atoms with Gasteiger partial charge < -0.3 is 5.11 Å². The van der Waals surface area contributed by atoms with Crippen LogP contribution in [0.1, 0.15) is 71.6 Å². The number of unbranched alkanes of at least 4 members (excludes halogenated alkanes) is 5. The molecular formula is C13H28O. The van der Waals surface area contributed by atoms with Crippen LogP contribution in [0.4, 0.5) is 0 Å². The molecular weight excluding hydrogens is 172 g/mol. The van der Waals surface area contributed by atoms with Crippen LogP contribution >= 0.6 is 0 Å². The minimum absolute atomic E-state index is 0.369. The summed E-state index contributed by atoms with van der Waals surface area (Å²) in [4.78, 5) is 0. The van der Waals surface area contributed by atoms with Gasteiger partial charge in [0.2, 0.25) is 0 Å². The lowest BCUT2D eigenvalue weighted by atomic mass is 9.95. The van der Waals surface area contributed by atoms with Crippen molar-refractivity contribution in [3.8, 4) is 0 Å². The Labute approximate surface area is 89.9 Å². The summed E-state index contributed by atoms with van der Waals surface area (Å²) >= 11 is 0. The average Bonchev–Trinajstić information content (AvgIpc) is 2.21. The Hall–Kier alpha value is -0.0400. The monoisotopic (exact) mass is 200 g/mol. The van der Waals surface area contributed by atoms with Gasteiger partial charge in [-0.1, -0.05) is 65.2 Å². The number of aliphatic hydroxyl groups excluding tert-OH is 1. The van der Waals surface area contributed by atoms with Crippen LogP contribution in [0.15, 0.2) is 0 Å². The molecule has 0 heterocycles. The Balaban J connectivity index is 3.15. The molecule has 14 heavy (non-hydrogen) atoms. The van der Waals surface area contributed by atoms with Gasteiger partial charge in [0.05, 0.1) is 0 Å². The Morgan fingerprint density at radius 2 is 1.50 bits per heavy atom. The predicted molar refractivity (Wildman–Crippen MR) is 63.5 cm³/mol. The zero-order chi connectivity index (χ0) is 10.6. The molecule has 0 aromatic carbocycles. The van der Waals surface area contributed by atoms with Crippen LogP contribution < -0.4 is 0 Å². The van der Waals surface area contributed by atoms with Crippen LogP contribution in [0.25, 0.3) is 0 Å². The lowest BCUT2D eigenvalue weighted by molar-refractivity contribution is 0.247. The Morgan fingerprint density at radius 3 is 2.07 bits per heavy atom. The van der Waals surface area contributed by atoms with Crippen LogP contribution in [0.2, 0.25) is 0 Å². The fraction of sp³-hybridized carbons (Fsp3) is 1.00. The first-order valence-corrected chi connectivity index (χ1v) is 6.46. The van der Waals surface area contributed by atoms with E-state index in [1.54, 1.807) is 0 Å². The van der Waals surface area contributed by atoms with Gasteiger partial charge in [-0.3, -0.25) is 0 Å². The lowest BCUT2D eigenvalue weighted by Gasteiger charge is -2.12. The summed E-state index contributed by atoms with van der Waals surface area (Å²) in [5.41, 5.74) is 0. The Kier molecular flexibility index (Phi) is 11.0. The summed E-state index contributed by atoms with van der Waals surface area (Å²) < 4.78 is 0. The van der Waals surface area contributed by atoms with Crippen molar-refractivity contribution < 1.29 is 5.11 Å². The summed E-state index contributed by atoms with van der Waals surface area (Å²) in [5.74, 6) is 0.770. The van der Waals surface area contributed by atoms with Crippen molar-refractivity contribution >= 4 is 0 Å². The predicted octanol–water partition coefficient (Wildman–Crippen LogP) is 4.15. The van der Waals surface area contributed by atoms with Crippen molar-refractivity contribution in [1.82, 2.24) is 0 Å². The Bertz CT molecular complexity index is 101. The van der Waals surface area contributed by atoms with Crippen LogP contribution in [-0.4, -0.2) is 11.7 Å². The van der Waals surface area contributed by atoms with Crippen LogP contribution in [0.3, 0.4) is 0 Å². The maximum Gasteiger partial charge on any atom is 0.0433 e. The molecule has 0 aliphatic rings. The molecule has 1 heteroatoms. The summed E-state index contributed by atoms with van der Waals surface area (Å²) in [6.45, 7) is 4.86. The van der Waals surface area contributed by atoms with Gasteiger partial charge in [0.1, 0.15) is 0 Å². The Morgan fingerprint density at radius 1 is 0.857 bits per heavy atom. The zero-order valence-electron chi connectivity index (χ0n) is 10.1. The molecule has 0 rings (SSSR count). The number of rotatable bonds is 10. The molecule has 0 fully saturated rings. The highest BCUT2D eigenvalue weighted by molar-refractivity contribution is 4.57. The normalized spacial score (nSPS) is 13.1. The molecule has 0 spiro atoms. The molecule has 0 bridgehead atoms. The average molecular weight is 200 g/mol. The first-order valence-electron chi connectivity index (χ1n) is 6.46. The molecule has 1 N–H and O–H groups in total. The van der Waals surface area contributed by atoms with Crippen molar-refractivity contribution in [1.29, 1.82) is 0 Å². The number of hydrogen-bond donors (Lipinski definition) is 1. The van der Waals surface area contributed by atoms with E-state index >= 15 is 0 Å². The van der Waals surface area contributed by atoms with Crippen LogP contribution in [0.5, 0.6) is 0 Å². The molecule has 0 aromatic heterocycles. The van der Waals surface area contributed by atoms with Crippen molar-refractivity contribution in [2.24, 2.45) is 5.92 Å². The van der Waals surface area contributed by atoms with E-state index in [9.17, 15) is 0 Å². The van der Waals surface area contributed by atoms with E-state index in [0.29, 0.717) is 6.61 Å². The van der Waals surface area contributed by atoms with Gasteiger partial charge in [-0.2, -0.15) is 0 Å². The molecule has 1 unspecified atom stereocenters. The van der Waals surface area contributed by atoms with Gasteiger partial charge in [0, 0.05) is 6.61 Å². The first-order chi connectivity index (χ1) is 6.85. The highest BCUT2D eigenvalue weighted by atomic mass is 16.3. The molecule has 0 aliphatic heterocycles.